The normalized spacial score (nSPS) is 12.1. The van der Waals surface area contributed by atoms with Crippen molar-refractivity contribution in [3.05, 3.63) is 123 Å². The summed E-state index contributed by atoms with van der Waals surface area (Å²) in [5.41, 5.74) is 4.59. The van der Waals surface area contributed by atoms with Gasteiger partial charge in [-0.15, -0.1) is 0 Å². The van der Waals surface area contributed by atoms with Gasteiger partial charge in [0.05, 0.1) is 16.6 Å². The van der Waals surface area contributed by atoms with Crippen molar-refractivity contribution in [1.82, 2.24) is 0 Å². The van der Waals surface area contributed by atoms with Gasteiger partial charge >= 0.3 is 6.09 Å². The van der Waals surface area contributed by atoms with Crippen LogP contribution in [0.4, 0.5) is 25.0 Å². The second-order valence-corrected chi connectivity index (χ2v) is 12.3. The van der Waals surface area contributed by atoms with Gasteiger partial charge in [-0.3, -0.25) is 9.62 Å². The summed E-state index contributed by atoms with van der Waals surface area (Å²) in [6.07, 6.45) is 0.887. The number of rotatable bonds is 10. The van der Waals surface area contributed by atoms with E-state index in [1.54, 1.807) is 25.1 Å². The van der Waals surface area contributed by atoms with Crippen LogP contribution in [0.25, 0.3) is 0 Å². The first-order valence-corrected chi connectivity index (χ1v) is 15.1. The molecule has 0 fully saturated rings. The van der Waals surface area contributed by atoms with Gasteiger partial charge in [0, 0.05) is 16.8 Å². The van der Waals surface area contributed by atoms with Crippen LogP contribution in [0, 0.1) is 25.5 Å². The lowest BCUT2D eigenvalue weighted by Gasteiger charge is -2.32. The number of hydrogen-bond acceptors (Lipinski definition) is 3. The minimum absolute atomic E-state index is 0.105. The van der Waals surface area contributed by atoms with Crippen molar-refractivity contribution < 1.29 is 27.1 Å². The van der Waals surface area contributed by atoms with Gasteiger partial charge in [-0.1, -0.05) is 41.9 Å². The Morgan fingerprint density at radius 2 is 1.60 bits per heavy atom. The van der Waals surface area contributed by atoms with Crippen molar-refractivity contribution in [2.75, 3.05) is 9.62 Å². The SMILES string of the molecule is Cc1c(CCCc2ccccc2C(C)N(c2cc(F)ccc2F)S(=O)(=O)c2ccc(Cl)cc2)ccc(NC(=O)O)c1C. The third-order valence-corrected chi connectivity index (χ3v) is 9.56. The van der Waals surface area contributed by atoms with Crippen LogP contribution in [0.2, 0.25) is 5.02 Å². The average molecular weight is 613 g/mol. The standard InChI is InChI=1S/C32H31ClF2N2O4S/c1-20-21(2)30(36-32(38)39)18-11-23(20)8-6-9-24-7-4-5-10-28(24)22(3)37(31-19-26(34)14-17-29(31)35)42(40,41)27-15-12-25(33)13-16-27/h4-5,7,10-19,22,36H,6,8-9H2,1-3H3,(H,38,39). The van der Waals surface area contributed by atoms with Crippen LogP contribution < -0.4 is 9.62 Å². The number of nitrogens with zero attached hydrogens (tertiary/aromatic N) is 1. The van der Waals surface area contributed by atoms with E-state index in [2.05, 4.69) is 5.32 Å². The molecule has 0 aliphatic heterocycles. The van der Waals surface area contributed by atoms with Crippen molar-refractivity contribution in [2.45, 2.75) is 51.0 Å². The Morgan fingerprint density at radius 3 is 2.29 bits per heavy atom. The fraction of sp³-hybridized carbons (Fsp3) is 0.219. The van der Waals surface area contributed by atoms with Crippen LogP contribution in [0.5, 0.6) is 0 Å². The summed E-state index contributed by atoms with van der Waals surface area (Å²) in [4.78, 5) is 11.0. The largest absolute Gasteiger partial charge is 0.465 e. The Kier molecular flexibility index (Phi) is 9.53. The molecule has 4 aromatic rings. The minimum Gasteiger partial charge on any atom is -0.465 e. The van der Waals surface area contributed by atoms with E-state index in [1.807, 2.05) is 32.0 Å². The number of hydrogen-bond donors (Lipinski definition) is 2. The third kappa shape index (κ3) is 6.74. The van der Waals surface area contributed by atoms with E-state index in [1.165, 1.54) is 24.3 Å². The molecule has 0 heterocycles. The van der Waals surface area contributed by atoms with Crippen molar-refractivity contribution in [2.24, 2.45) is 0 Å². The number of anilines is 2. The molecule has 0 spiro atoms. The van der Waals surface area contributed by atoms with Gasteiger partial charge in [-0.05, 0) is 110 Å². The summed E-state index contributed by atoms with van der Waals surface area (Å²) >= 11 is 5.98. The van der Waals surface area contributed by atoms with Gasteiger partial charge in [-0.2, -0.15) is 0 Å². The van der Waals surface area contributed by atoms with Crippen molar-refractivity contribution >= 4 is 39.1 Å². The molecule has 1 atom stereocenters. The number of amides is 1. The molecule has 0 saturated heterocycles. The minimum atomic E-state index is -4.34. The highest BCUT2D eigenvalue weighted by molar-refractivity contribution is 7.92. The van der Waals surface area contributed by atoms with E-state index >= 15 is 4.39 Å². The van der Waals surface area contributed by atoms with Crippen LogP contribution >= 0.6 is 11.6 Å². The summed E-state index contributed by atoms with van der Waals surface area (Å²) in [7, 11) is -4.34. The first kappa shape index (κ1) is 31.0. The highest BCUT2D eigenvalue weighted by atomic mass is 35.5. The van der Waals surface area contributed by atoms with Crippen LogP contribution in [0.3, 0.4) is 0 Å². The summed E-state index contributed by atoms with van der Waals surface area (Å²) in [6, 6.07) is 18.4. The Hall–Kier alpha value is -3.95. The van der Waals surface area contributed by atoms with E-state index in [4.69, 9.17) is 16.7 Å². The Morgan fingerprint density at radius 1 is 0.929 bits per heavy atom. The maximum absolute atomic E-state index is 15.1. The molecule has 10 heteroatoms. The highest BCUT2D eigenvalue weighted by Crippen LogP contribution is 2.37. The number of carbonyl (C=O) groups is 1. The first-order chi connectivity index (χ1) is 19.9. The number of benzene rings is 4. The molecule has 0 radical (unpaired) electrons. The van der Waals surface area contributed by atoms with E-state index in [0.717, 1.165) is 44.8 Å². The lowest BCUT2D eigenvalue weighted by Crippen LogP contribution is -2.35. The summed E-state index contributed by atoms with van der Waals surface area (Å²) in [6.45, 7) is 5.46. The number of nitrogens with one attached hydrogen (secondary N) is 1. The van der Waals surface area contributed by atoms with Gasteiger partial charge < -0.3 is 5.11 Å². The second kappa shape index (κ2) is 12.9. The number of aryl methyl sites for hydroxylation is 2. The van der Waals surface area contributed by atoms with Gasteiger partial charge in [0.2, 0.25) is 0 Å². The van der Waals surface area contributed by atoms with Crippen molar-refractivity contribution in [3.8, 4) is 0 Å². The lowest BCUT2D eigenvalue weighted by atomic mass is 9.93. The van der Waals surface area contributed by atoms with Gasteiger partial charge in [0.15, 0.2) is 0 Å². The zero-order valence-corrected chi connectivity index (χ0v) is 24.9. The van der Waals surface area contributed by atoms with E-state index in [9.17, 15) is 17.6 Å². The van der Waals surface area contributed by atoms with Crippen LogP contribution in [-0.4, -0.2) is 19.6 Å². The Balaban J connectivity index is 1.67. The monoisotopic (exact) mass is 612 g/mol. The maximum atomic E-state index is 15.1. The molecule has 1 amide bonds. The molecular formula is C32H31ClF2N2O4S. The molecule has 42 heavy (non-hydrogen) atoms. The van der Waals surface area contributed by atoms with Crippen molar-refractivity contribution in [3.63, 3.8) is 0 Å². The summed E-state index contributed by atoms with van der Waals surface area (Å²) in [5.74, 6) is -1.64. The topological polar surface area (TPSA) is 86.7 Å². The molecule has 1 unspecified atom stereocenters. The Bertz CT molecular complexity index is 1710. The van der Waals surface area contributed by atoms with E-state index in [-0.39, 0.29) is 4.90 Å². The smallest absolute Gasteiger partial charge is 0.409 e. The van der Waals surface area contributed by atoms with Gasteiger partial charge in [0.1, 0.15) is 11.6 Å². The Labute approximate surface area is 249 Å². The van der Waals surface area contributed by atoms with Gasteiger partial charge in [-0.25, -0.2) is 22.0 Å². The number of carboxylic acid groups (broad SMARTS) is 1. The van der Waals surface area contributed by atoms with Crippen LogP contribution in [0.15, 0.2) is 83.8 Å². The average Bonchev–Trinajstić information content (AvgIpc) is 2.94. The second-order valence-electron chi connectivity index (χ2n) is 10.0. The van der Waals surface area contributed by atoms with Gasteiger partial charge in [0.25, 0.3) is 10.0 Å². The number of halogens is 3. The molecule has 4 aromatic carbocycles. The van der Waals surface area contributed by atoms with E-state index < -0.39 is 39.5 Å². The third-order valence-electron chi connectivity index (χ3n) is 7.41. The molecule has 0 aromatic heterocycles. The first-order valence-electron chi connectivity index (χ1n) is 13.3. The summed E-state index contributed by atoms with van der Waals surface area (Å²) < 4.78 is 58.3. The van der Waals surface area contributed by atoms with Crippen LogP contribution in [0.1, 0.15) is 47.2 Å². The maximum Gasteiger partial charge on any atom is 0.409 e. The fourth-order valence-electron chi connectivity index (χ4n) is 5.08. The predicted octanol–water partition coefficient (Wildman–Crippen LogP) is 8.46. The van der Waals surface area contributed by atoms with Crippen molar-refractivity contribution in [1.29, 1.82) is 0 Å². The molecule has 6 nitrogen and oxygen atoms in total. The fourth-order valence-corrected chi connectivity index (χ4v) is 6.85. The zero-order chi connectivity index (χ0) is 30.6. The zero-order valence-electron chi connectivity index (χ0n) is 23.4. The van der Waals surface area contributed by atoms with E-state index in [0.29, 0.717) is 35.5 Å². The highest BCUT2D eigenvalue weighted by Gasteiger charge is 2.33. The predicted molar refractivity (Wildman–Crippen MR) is 162 cm³/mol. The molecule has 0 saturated carbocycles. The molecule has 0 aliphatic carbocycles. The molecule has 2 N–H and O–H groups in total. The molecular weight excluding hydrogens is 582 g/mol. The molecule has 220 valence electrons. The summed E-state index contributed by atoms with van der Waals surface area (Å²) in [5, 5.41) is 11.8. The molecule has 0 bridgehead atoms. The molecule has 0 aliphatic rings. The number of sulfonamides is 1. The quantitative estimate of drug-likeness (QED) is 0.188. The van der Waals surface area contributed by atoms with Crippen LogP contribution in [-0.2, 0) is 22.9 Å². The molecule has 4 rings (SSSR count). The lowest BCUT2D eigenvalue weighted by molar-refractivity contribution is 0.209.